The van der Waals surface area contributed by atoms with E-state index in [4.69, 9.17) is 10.1 Å². The Bertz CT molecular complexity index is 674. The molecule has 2 rings (SSSR count). The van der Waals surface area contributed by atoms with Gasteiger partial charge in [0.05, 0.1) is 17.4 Å². The highest BCUT2D eigenvalue weighted by molar-refractivity contribution is 5.93. The number of nitrogens with zero attached hydrogens (tertiary/aromatic N) is 2. The van der Waals surface area contributed by atoms with E-state index in [0.29, 0.717) is 11.9 Å². The lowest BCUT2D eigenvalue weighted by Gasteiger charge is -2.09. The Hall–Kier alpha value is -2.37. The van der Waals surface area contributed by atoms with Crippen molar-refractivity contribution in [1.82, 2.24) is 4.57 Å². The van der Waals surface area contributed by atoms with Gasteiger partial charge in [-0.3, -0.25) is 15.5 Å². The van der Waals surface area contributed by atoms with Crippen LogP contribution in [0.25, 0.3) is 10.9 Å². The van der Waals surface area contributed by atoms with Crippen LogP contribution in [-0.4, -0.2) is 21.5 Å². The number of nitrogens with one attached hydrogen (secondary N) is 1. The molecule has 0 amide bonds. The van der Waals surface area contributed by atoms with Crippen LogP contribution < -0.4 is 0 Å². The molecule has 0 saturated carbocycles. The maximum absolute atomic E-state index is 11.1. The summed E-state index contributed by atoms with van der Waals surface area (Å²) in [5.74, 6) is 0.166. The molecule has 0 bridgehead atoms. The first-order valence-corrected chi connectivity index (χ1v) is 6.35. The number of ether oxygens (including phenoxy) is 1. The Balaban J connectivity index is 2.44. The van der Waals surface area contributed by atoms with Crippen LogP contribution in [0.5, 0.6) is 0 Å². The lowest BCUT2D eigenvalue weighted by atomic mass is 10.1. The lowest BCUT2D eigenvalue weighted by Crippen LogP contribution is -2.12. The van der Waals surface area contributed by atoms with Crippen molar-refractivity contribution >= 4 is 22.5 Å². The van der Waals surface area contributed by atoms with Gasteiger partial charge >= 0.3 is 0 Å². The van der Waals surface area contributed by atoms with Gasteiger partial charge in [-0.15, -0.1) is 0 Å². The molecule has 0 fully saturated rings. The summed E-state index contributed by atoms with van der Waals surface area (Å²) in [6.07, 6.45) is 2.10. The van der Waals surface area contributed by atoms with Crippen LogP contribution in [0.3, 0.4) is 0 Å². The minimum atomic E-state index is -0.387. The molecule has 20 heavy (non-hydrogen) atoms. The van der Waals surface area contributed by atoms with Gasteiger partial charge in [-0.25, -0.2) is 0 Å². The fraction of sp³-hybridized carbons (Fsp3) is 0.357. The second kappa shape index (κ2) is 5.32. The molecular weight excluding hydrogens is 258 g/mol. The number of non-ortho nitro benzene ring substituents is 1. The number of aryl methyl sites for hydroxylation is 1. The maximum atomic E-state index is 11.1. The highest BCUT2D eigenvalue weighted by Gasteiger charge is 2.18. The van der Waals surface area contributed by atoms with E-state index in [9.17, 15) is 10.1 Å². The zero-order valence-electron chi connectivity index (χ0n) is 11.7. The Labute approximate surface area is 116 Å². The quantitative estimate of drug-likeness (QED) is 0.403. The van der Waals surface area contributed by atoms with Gasteiger partial charge < -0.3 is 9.30 Å². The highest BCUT2D eigenvalue weighted by atomic mass is 16.6. The summed E-state index contributed by atoms with van der Waals surface area (Å²) in [6, 6.07) is 4.99. The van der Waals surface area contributed by atoms with Crippen molar-refractivity contribution in [3.8, 4) is 0 Å². The van der Waals surface area contributed by atoms with Crippen LogP contribution in [0.1, 0.15) is 19.4 Å². The number of nitro groups is 1. The van der Waals surface area contributed by atoms with Crippen molar-refractivity contribution in [2.75, 3.05) is 0 Å². The zero-order chi connectivity index (χ0) is 14.9. The smallest absolute Gasteiger partial charge is 0.293 e. The topological polar surface area (TPSA) is 81.1 Å². The molecule has 1 aromatic heterocycles. The van der Waals surface area contributed by atoms with E-state index in [2.05, 4.69) is 0 Å². The van der Waals surface area contributed by atoms with Crippen molar-refractivity contribution in [2.45, 2.75) is 26.4 Å². The zero-order valence-corrected chi connectivity index (χ0v) is 11.7. The molecule has 2 aromatic rings. The molecule has 0 radical (unpaired) electrons. The van der Waals surface area contributed by atoms with E-state index in [1.807, 2.05) is 26.1 Å². The summed E-state index contributed by atoms with van der Waals surface area (Å²) in [7, 11) is 1.77. The van der Waals surface area contributed by atoms with Gasteiger partial charge in [0.15, 0.2) is 5.90 Å². The Morgan fingerprint density at radius 2 is 2.20 bits per heavy atom. The third-order valence-corrected chi connectivity index (χ3v) is 2.99. The molecule has 1 aromatic carbocycles. The van der Waals surface area contributed by atoms with Crippen LogP contribution in [0.4, 0.5) is 5.69 Å². The number of nitro benzene ring substituents is 1. The molecule has 106 valence electrons. The first kappa shape index (κ1) is 14.0. The first-order chi connectivity index (χ1) is 9.40. The van der Waals surface area contributed by atoms with Crippen molar-refractivity contribution < 1.29 is 9.66 Å². The minimum absolute atomic E-state index is 0.0492. The molecule has 6 heteroatoms. The molecule has 0 saturated heterocycles. The van der Waals surface area contributed by atoms with Crippen LogP contribution in [0.2, 0.25) is 0 Å². The second-order valence-electron chi connectivity index (χ2n) is 4.96. The lowest BCUT2D eigenvalue weighted by molar-refractivity contribution is -0.383. The van der Waals surface area contributed by atoms with Crippen molar-refractivity contribution in [2.24, 2.45) is 7.05 Å². The van der Waals surface area contributed by atoms with E-state index < -0.39 is 0 Å². The SMILES string of the molecule is CC(C)OC(=N)Cc1cn(C)c2c([N+](=O)[O-])cccc12. The standard InChI is InChI=1S/C14H17N3O3/c1-9(2)20-13(15)7-10-8-16(3)14-11(10)5-4-6-12(14)17(18)19/h4-6,8-9,15H,7H2,1-3H3. The fourth-order valence-corrected chi connectivity index (χ4v) is 2.32. The monoisotopic (exact) mass is 275 g/mol. The summed E-state index contributed by atoms with van der Waals surface area (Å²) in [4.78, 5) is 10.7. The number of benzene rings is 1. The third kappa shape index (κ3) is 2.64. The number of fused-ring (bicyclic) bond motifs is 1. The van der Waals surface area contributed by atoms with Crippen LogP contribution in [-0.2, 0) is 18.2 Å². The van der Waals surface area contributed by atoms with Crippen molar-refractivity contribution in [1.29, 1.82) is 5.41 Å². The Kier molecular flexibility index (Phi) is 3.74. The summed E-state index contributed by atoms with van der Waals surface area (Å²) >= 11 is 0. The van der Waals surface area contributed by atoms with Crippen LogP contribution >= 0.6 is 0 Å². The minimum Gasteiger partial charge on any atom is -0.478 e. The van der Waals surface area contributed by atoms with E-state index in [0.717, 1.165) is 10.9 Å². The molecular formula is C14H17N3O3. The van der Waals surface area contributed by atoms with Crippen molar-refractivity contribution in [3.63, 3.8) is 0 Å². The molecule has 1 N–H and O–H groups in total. The van der Waals surface area contributed by atoms with Gasteiger partial charge in [-0.1, -0.05) is 12.1 Å². The highest BCUT2D eigenvalue weighted by Crippen LogP contribution is 2.29. The summed E-state index contributed by atoms with van der Waals surface area (Å²) < 4.78 is 7.06. The van der Waals surface area contributed by atoms with Crippen LogP contribution in [0.15, 0.2) is 24.4 Å². The molecule has 6 nitrogen and oxygen atoms in total. The number of hydrogen-bond acceptors (Lipinski definition) is 4. The largest absolute Gasteiger partial charge is 0.478 e. The maximum Gasteiger partial charge on any atom is 0.293 e. The summed E-state index contributed by atoms with van der Waals surface area (Å²) in [5.41, 5.74) is 1.51. The normalized spacial score (nSPS) is 11.0. The van der Waals surface area contributed by atoms with Crippen molar-refractivity contribution in [3.05, 3.63) is 40.1 Å². The molecule has 1 heterocycles. The fourth-order valence-electron chi connectivity index (χ4n) is 2.32. The number of aromatic nitrogens is 1. The average molecular weight is 275 g/mol. The Morgan fingerprint density at radius 1 is 1.50 bits per heavy atom. The van der Waals surface area contributed by atoms with Gasteiger partial charge in [0.25, 0.3) is 5.69 Å². The molecule has 0 unspecified atom stereocenters. The van der Waals surface area contributed by atoms with Gasteiger partial charge in [0.1, 0.15) is 5.52 Å². The third-order valence-electron chi connectivity index (χ3n) is 2.99. The Morgan fingerprint density at radius 3 is 2.80 bits per heavy atom. The first-order valence-electron chi connectivity index (χ1n) is 6.35. The number of para-hydroxylation sites is 1. The van der Waals surface area contributed by atoms with Gasteiger partial charge in [-0.2, -0.15) is 0 Å². The van der Waals surface area contributed by atoms with Gasteiger partial charge in [-0.05, 0) is 19.4 Å². The van der Waals surface area contributed by atoms with Crippen LogP contribution in [0, 0.1) is 15.5 Å². The average Bonchev–Trinajstić information content (AvgIpc) is 2.65. The molecule has 0 aliphatic heterocycles. The summed E-state index contributed by atoms with van der Waals surface area (Å²) in [6.45, 7) is 3.73. The molecule has 0 aliphatic carbocycles. The predicted molar refractivity (Wildman–Crippen MR) is 77.2 cm³/mol. The number of hydrogen-bond donors (Lipinski definition) is 1. The molecule has 0 spiro atoms. The predicted octanol–water partition coefficient (Wildman–Crippen LogP) is 3.03. The van der Waals surface area contributed by atoms with E-state index >= 15 is 0 Å². The van der Waals surface area contributed by atoms with Gasteiger partial charge in [0.2, 0.25) is 0 Å². The van der Waals surface area contributed by atoms with Gasteiger partial charge in [0, 0.05) is 24.7 Å². The second-order valence-corrected chi connectivity index (χ2v) is 4.96. The molecule has 0 atom stereocenters. The van der Waals surface area contributed by atoms with E-state index in [-0.39, 0.29) is 22.6 Å². The number of rotatable bonds is 4. The molecule has 0 aliphatic rings. The summed E-state index contributed by atoms with van der Waals surface area (Å²) in [5, 5.41) is 19.7. The van der Waals surface area contributed by atoms with E-state index in [1.165, 1.54) is 6.07 Å². The van der Waals surface area contributed by atoms with E-state index in [1.54, 1.807) is 17.7 Å².